The standard InChI is InChI=1S/C12H15F2NO.ClH/c13-12(14)16-10-6-4-9(5-7-10)11(15)8-2-1-3-8;/h4-8,11-12H,1-3,15H2;1H/t11-;/m0./s1. The van der Waals surface area contributed by atoms with Crippen LogP contribution in [-0.4, -0.2) is 6.61 Å². The van der Waals surface area contributed by atoms with Gasteiger partial charge in [-0.25, -0.2) is 0 Å². The van der Waals surface area contributed by atoms with Gasteiger partial charge in [0.15, 0.2) is 0 Å². The van der Waals surface area contributed by atoms with Crippen molar-refractivity contribution in [2.75, 3.05) is 0 Å². The molecule has 17 heavy (non-hydrogen) atoms. The summed E-state index contributed by atoms with van der Waals surface area (Å²) in [4.78, 5) is 0. The minimum Gasteiger partial charge on any atom is -0.435 e. The van der Waals surface area contributed by atoms with Crippen molar-refractivity contribution in [3.8, 4) is 5.75 Å². The van der Waals surface area contributed by atoms with Crippen LogP contribution >= 0.6 is 12.4 Å². The van der Waals surface area contributed by atoms with E-state index in [1.165, 1.54) is 6.42 Å². The highest BCUT2D eigenvalue weighted by Gasteiger charge is 2.25. The first-order valence-electron chi connectivity index (χ1n) is 5.47. The van der Waals surface area contributed by atoms with Gasteiger partial charge in [-0.2, -0.15) is 8.78 Å². The second kappa shape index (κ2) is 6.17. The number of rotatable bonds is 4. The quantitative estimate of drug-likeness (QED) is 0.902. The number of nitrogens with two attached hydrogens (primary N) is 1. The molecule has 96 valence electrons. The molecule has 5 heteroatoms. The Morgan fingerprint density at radius 2 is 1.76 bits per heavy atom. The molecule has 2 rings (SSSR count). The Balaban J connectivity index is 0.00000144. The largest absolute Gasteiger partial charge is 0.435 e. The molecule has 0 spiro atoms. The molecule has 0 heterocycles. The van der Waals surface area contributed by atoms with Crippen LogP contribution in [0.4, 0.5) is 8.78 Å². The van der Waals surface area contributed by atoms with Gasteiger partial charge >= 0.3 is 6.61 Å². The third-order valence-electron chi connectivity index (χ3n) is 3.15. The lowest BCUT2D eigenvalue weighted by Crippen LogP contribution is -2.26. The molecule has 0 aliphatic heterocycles. The van der Waals surface area contributed by atoms with Gasteiger partial charge in [0.1, 0.15) is 5.75 Å². The summed E-state index contributed by atoms with van der Waals surface area (Å²) in [5, 5.41) is 0. The molecule has 1 aliphatic rings. The maximum Gasteiger partial charge on any atom is 0.387 e. The Kier molecular flexibility index (Phi) is 5.15. The van der Waals surface area contributed by atoms with Crippen LogP contribution < -0.4 is 10.5 Å². The fraction of sp³-hybridized carbons (Fsp3) is 0.500. The van der Waals surface area contributed by atoms with E-state index in [1.807, 2.05) is 0 Å². The predicted octanol–water partition coefficient (Wildman–Crippen LogP) is 3.51. The Morgan fingerprint density at radius 1 is 1.18 bits per heavy atom. The third kappa shape index (κ3) is 3.54. The molecule has 1 fully saturated rings. The van der Waals surface area contributed by atoms with Crippen molar-refractivity contribution in [1.82, 2.24) is 0 Å². The molecule has 0 aromatic heterocycles. The average molecular weight is 264 g/mol. The van der Waals surface area contributed by atoms with Crippen LogP contribution in [0.3, 0.4) is 0 Å². The van der Waals surface area contributed by atoms with Crippen LogP contribution in [0, 0.1) is 5.92 Å². The molecule has 2 N–H and O–H groups in total. The number of hydrogen-bond donors (Lipinski definition) is 1. The third-order valence-corrected chi connectivity index (χ3v) is 3.15. The molecule has 1 atom stereocenters. The molecule has 0 saturated heterocycles. The Hall–Kier alpha value is -0.870. The smallest absolute Gasteiger partial charge is 0.387 e. The van der Waals surface area contributed by atoms with Crippen LogP contribution in [0.5, 0.6) is 5.75 Å². The summed E-state index contributed by atoms with van der Waals surface area (Å²) >= 11 is 0. The van der Waals surface area contributed by atoms with Gasteiger partial charge in [0.2, 0.25) is 0 Å². The lowest BCUT2D eigenvalue weighted by atomic mass is 9.78. The zero-order valence-corrected chi connectivity index (χ0v) is 10.1. The van der Waals surface area contributed by atoms with Crippen LogP contribution in [0.2, 0.25) is 0 Å². The molecule has 1 aromatic rings. The molecule has 2 nitrogen and oxygen atoms in total. The number of halogens is 3. The maximum atomic E-state index is 11.9. The van der Waals surface area contributed by atoms with E-state index in [2.05, 4.69) is 4.74 Å². The van der Waals surface area contributed by atoms with Gasteiger partial charge < -0.3 is 10.5 Å². The first-order chi connectivity index (χ1) is 7.66. The molecule has 1 saturated carbocycles. The zero-order valence-electron chi connectivity index (χ0n) is 9.31. The van der Waals surface area contributed by atoms with Gasteiger partial charge in [-0.15, -0.1) is 12.4 Å². The van der Waals surface area contributed by atoms with E-state index in [4.69, 9.17) is 5.73 Å². The first-order valence-corrected chi connectivity index (χ1v) is 5.47. The lowest BCUT2D eigenvalue weighted by Gasteiger charge is -2.31. The highest BCUT2D eigenvalue weighted by Crippen LogP contribution is 2.36. The highest BCUT2D eigenvalue weighted by molar-refractivity contribution is 5.85. The monoisotopic (exact) mass is 263 g/mol. The average Bonchev–Trinajstić information content (AvgIpc) is 2.15. The number of hydrogen-bond acceptors (Lipinski definition) is 2. The van der Waals surface area contributed by atoms with Crippen molar-refractivity contribution in [3.05, 3.63) is 29.8 Å². The van der Waals surface area contributed by atoms with Gasteiger partial charge in [0.05, 0.1) is 0 Å². The van der Waals surface area contributed by atoms with E-state index in [1.54, 1.807) is 24.3 Å². The molecule has 0 radical (unpaired) electrons. The molecule has 0 amide bonds. The predicted molar refractivity (Wildman–Crippen MR) is 64.6 cm³/mol. The van der Waals surface area contributed by atoms with E-state index in [0.717, 1.165) is 18.4 Å². The van der Waals surface area contributed by atoms with E-state index in [-0.39, 0.29) is 24.2 Å². The molecule has 0 bridgehead atoms. The van der Waals surface area contributed by atoms with Crippen LogP contribution in [0.1, 0.15) is 30.9 Å². The van der Waals surface area contributed by atoms with Crippen molar-refractivity contribution in [2.45, 2.75) is 31.9 Å². The summed E-state index contributed by atoms with van der Waals surface area (Å²) in [6.07, 6.45) is 3.57. The maximum absolute atomic E-state index is 11.9. The summed E-state index contributed by atoms with van der Waals surface area (Å²) < 4.78 is 28.1. The SMILES string of the molecule is Cl.N[C@H](c1ccc(OC(F)F)cc1)C1CCC1. The van der Waals surface area contributed by atoms with Gasteiger partial charge in [0.25, 0.3) is 0 Å². The lowest BCUT2D eigenvalue weighted by molar-refractivity contribution is -0.0498. The van der Waals surface area contributed by atoms with E-state index < -0.39 is 6.61 Å². The number of alkyl halides is 2. The van der Waals surface area contributed by atoms with Crippen molar-refractivity contribution in [3.63, 3.8) is 0 Å². The molecule has 0 unspecified atom stereocenters. The summed E-state index contributed by atoms with van der Waals surface area (Å²) in [5.41, 5.74) is 7.05. The zero-order chi connectivity index (χ0) is 11.5. The minimum atomic E-state index is -2.77. The van der Waals surface area contributed by atoms with Gasteiger partial charge in [-0.05, 0) is 36.5 Å². The number of benzene rings is 1. The molecular formula is C12H16ClF2NO. The fourth-order valence-corrected chi connectivity index (χ4v) is 1.94. The summed E-state index contributed by atoms with van der Waals surface area (Å²) in [7, 11) is 0. The topological polar surface area (TPSA) is 35.2 Å². The Morgan fingerprint density at radius 3 is 2.18 bits per heavy atom. The molecule has 1 aromatic carbocycles. The van der Waals surface area contributed by atoms with E-state index >= 15 is 0 Å². The van der Waals surface area contributed by atoms with E-state index in [9.17, 15) is 8.78 Å². The van der Waals surface area contributed by atoms with Crippen molar-refractivity contribution < 1.29 is 13.5 Å². The fourth-order valence-electron chi connectivity index (χ4n) is 1.94. The van der Waals surface area contributed by atoms with Crippen LogP contribution in [0.25, 0.3) is 0 Å². The molecule has 1 aliphatic carbocycles. The van der Waals surface area contributed by atoms with Gasteiger partial charge in [-0.3, -0.25) is 0 Å². The second-order valence-corrected chi connectivity index (χ2v) is 4.16. The second-order valence-electron chi connectivity index (χ2n) is 4.16. The first kappa shape index (κ1) is 14.2. The normalized spacial score (nSPS) is 17.2. The summed E-state index contributed by atoms with van der Waals surface area (Å²) in [5.74, 6) is 0.724. The van der Waals surface area contributed by atoms with Crippen LogP contribution in [-0.2, 0) is 0 Å². The number of ether oxygens (including phenoxy) is 1. The van der Waals surface area contributed by atoms with Crippen LogP contribution in [0.15, 0.2) is 24.3 Å². The highest BCUT2D eigenvalue weighted by atomic mass is 35.5. The Bertz CT molecular complexity index is 341. The summed E-state index contributed by atoms with van der Waals surface area (Å²) in [6, 6.07) is 6.64. The van der Waals surface area contributed by atoms with Gasteiger partial charge in [-0.1, -0.05) is 18.6 Å². The Labute approximate surface area is 106 Å². The van der Waals surface area contributed by atoms with Crippen molar-refractivity contribution >= 4 is 12.4 Å². The molecular weight excluding hydrogens is 248 g/mol. The van der Waals surface area contributed by atoms with Gasteiger partial charge in [0, 0.05) is 6.04 Å². The van der Waals surface area contributed by atoms with Crippen molar-refractivity contribution in [1.29, 1.82) is 0 Å². The summed E-state index contributed by atoms with van der Waals surface area (Å²) in [6.45, 7) is -2.77. The van der Waals surface area contributed by atoms with Crippen molar-refractivity contribution in [2.24, 2.45) is 11.7 Å². The minimum absolute atomic E-state index is 0. The van der Waals surface area contributed by atoms with E-state index in [0.29, 0.717) is 5.92 Å².